The maximum Gasteiger partial charge on any atom is 0.273 e. The van der Waals surface area contributed by atoms with Crippen molar-refractivity contribution in [3.63, 3.8) is 0 Å². The Balaban J connectivity index is 1.89. The van der Waals surface area contributed by atoms with Gasteiger partial charge < -0.3 is 4.90 Å². The average molecular weight is 315 g/mol. The van der Waals surface area contributed by atoms with Crippen LogP contribution in [-0.4, -0.2) is 21.8 Å². The van der Waals surface area contributed by atoms with E-state index in [2.05, 4.69) is 11.9 Å². The lowest BCUT2D eigenvalue weighted by molar-refractivity contribution is 0.0667. The summed E-state index contributed by atoms with van der Waals surface area (Å²) in [6, 6.07) is 13.6. The molecule has 0 saturated heterocycles. The first-order valence-electron chi connectivity index (χ1n) is 7.58. The fraction of sp³-hybridized carbons (Fsp3) is 0.333. The van der Waals surface area contributed by atoms with E-state index in [0.717, 1.165) is 24.1 Å². The van der Waals surface area contributed by atoms with Crippen LogP contribution in [0.5, 0.6) is 0 Å². The lowest BCUT2D eigenvalue weighted by Crippen LogP contribution is -2.36. The quantitative estimate of drug-likeness (QED) is 0.837. The third-order valence-corrected chi connectivity index (χ3v) is 4.30. The topological polar surface area (TPSA) is 33.2 Å². The molecule has 1 aliphatic carbocycles. The van der Waals surface area contributed by atoms with Crippen molar-refractivity contribution in [2.45, 2.75) is 38.8 Å². The van der Waals surface area contributed by atoms with Gasteiger partial charge in [-0.05, 0) is 56.5 Å². The molecular weight excluding hydrogens is 296 g/mol. The Hall–Kier alpha value is -1.87. The highest BCUT2D eigenvalue weighted by Gasteiger charge is 2.37. The van der Waals surface area contributed by atoms with Crippen LogP contribution < -0.4 is 0 Å². The van der Waals surface area contributed by atoms with E-state index in [1.165, 1.54) is 0 Å². The molecule has 1 aromatic carbocycles. The van der Waals surface area contributed by atoms with Crippen LogP contribution >= 0.6 is 11.6 Å². The lowest BCUT2D eigenvalue weighted by atomic mass is 10.1. The number of rotatable bonds is 4. The van der Waals surface area contributed by atoms with E-state index in [-0.39, 0.29) is 11.9 Å². The summed E-state index contributed by atoms with van der Waals surface area (Å²) in [7, 11) is 0. The van der Waals surface area contributed by atoms with Gasteiger partial charge in [0.1, 0.15) is 5.69 Å². The molecule has 1 fully saturated rings. The second kappa shape index (κ2) is 6.09. The van der Waals surface area contributed by atoms with Gasteiger partial charge in [-0.2, -0.15) is 0 Å². The van der Waals surface area contributed by atoms with Crippen LogP contribution in [0.25, 0.3) is 0 Å². The molecule has 0 N–H and O–H groups in total. The summed E-state index contributed by atoms with van der Waals surface area (Å²) < 4.78 is 0. The van der Waals surface area contributed by atoms with Crippen LogP contribution in [0.15, 0.2) is 42.5 Å². The molecule has 0 radical (unpaired) electrons. The average Bonchev–Trinajstić information content (AvgIpc) is 3.32. The number of halogens is 1. The second-order valence-corrected chi connectivity index (χ2v) is 6.27. The largest absolute Gasteiger partial charge is 0.328 e. The molecule has 1 aromatic heterocycles. The van der Waals surface area contributed by atoms with Crippen molar-refractivity contribution in [1.82, 2.24) is 9.88 Å². The summed E-state index contributed by atoms with van der Waals surface area (Å²) in [5.41, 5.74) is 2.48. The maximum atomic E-state index is 12.9. The van der Waals surface area contributed by atoms with Crippen molar-refractivity contribution in [2.75, 3.05) is 0 Å². The highest BCUT2D eigenvalue weighted by molar-refractivity contribution is 6.30. The van der Waals surface area contributed by atoms with Crippen LogP contribution in [0, 0.1) is 6.92 Å². The minimum absolute atomic E-state index is 0.00801. The first-order valence-corrected chi connectivity index (χ1v) is 7.96. The van der Waals surface area contributed by atoms with Gasteiger partial charge in [-0.1, -0.05) is 29.8 Å². The van der Waals surface area contributed by atoms with Crippen molar-refractivity contribution >= 4 is 17.5 Å². The number of carbonyl (C=O) groups excluding carboxylic acids is 1. The minimum atomic E-state index is 0.00801. The number of hydrogen-bond donors (Lipinski definition) is 0. The third-order valence-electron chi connectivity index (χ3n) is 4.05. The van der Waals surface area contributed by atoms with E-state index in [1.807, 2.05) is 48.2 Å². The SMILES string of the molecule is Cc1cccc(C(=O)N(C2CC2)C(C)c2ccc(Cl)cc2)n1. The zero-order chi connectivity index (χ0) is 15.7. The molecule has 1 heterocycles. The molecule has 2 aromatic rings. The molecule has 3 rings (SSSR count). The Morgan fingerprint density at radius 3 is 2.50 bits per heavy atom. The Bertz CT molecular complexity index is 680. The number of benzene rings is 1. The number of hydrogen-bond acceptors (Lipinski definition) is 2. The van der Waals surface area contributed by atoms with Gasteiger partial charge in [0.25, 0.3) is 5.91 Å². The zero-order valence-corrected chi connectivity index (χ0v) is 13.5. The van der Waals surface area contributed by atoms with Crippen LogP contribution in [0.2, 0.25) is 5.02 Å². The van der Waals surface area contributed by atoms with Crippen LogP contribution in [0.4, 0.5) is 0 Å². The Labute approximate surface area is 135 Å². The van der Waals surface area contributed by atoms with E-state index in [4.69, 9.17) is 11.6 Å². The van der Waals surface area contributed by atoms with Gasteiger partial charge in [-0.15, -0.1) is 0 Å². The van der Waals surface area contributed by atoms with Gasteiger partial charge in [-0.25, -0.2) is 4.98 Å². The molecular formula is C18H19ClN2O. The van der Waals surface area contributed by atoms with Gasteiger partial charge in [0.15, 0.2) is 0 Å². The normalized spacial score (nSPS) is 15.4. The molecule has 1 amide bonds. The summed E-state index contributed by atoms with van der Waals surface area (Å²) in [5.74, 6) is 0.00801. The number of pyridine rings is 1. The molecule has 22 heavy (non-hydrogen) atoms. The van der Waals surface area contributed by atoms with E-state index >= 15 is 0 Å². The lowest BCUT2D eigenvalue weighted by Gasteiger charge is -2.29. The highest BCUT2D eigenvalue weighted by atomic mass is 35.5. The van der Waals surface area contributed by atoms with Crippen LogP contribution in [-0.2, 0) is 0 Å². The molecule has 114 valence electrons. The van der Waals surface area contributed by atoms with Crippen molar-refractivity contribution < 1.29 is 4.79 Å². The van der Waals surface area contributed by atoms with Crippen molar-refractivity contribution in [3.05, 3.63) is 64.4 Å². The smallest absolute Gasteiger partial charge is 0.273 e. The van der Waals surface area contributed by atoms with Crippen LogP contribution in [0.3, 0.4) is 0 Å². The van der Waals surface area contributed by atoms with Gasteiger partial charge in [-0.3, -0.25) is 4.79 Å². The highest BCUT2D eigenvalue weighted by Crippen LogP contribution is 2.35. The molecule has 0 spiro atoms. The fourth-order valence-corrected chi connectivity index (χ4v) is 2.83. The predicted octanol–water partition coefficient (Wildman–Crippen LogP) is 4.41. The van der Waals surface area contributed by atoms with E-state index < -0.39 is 0 Å². The van der Waals surface area contributed by atoms with Gasteiger partial charge in [0, 0.05) is 16.8 Å². The molecule has 1 unspecified atom stereocenters. The number of amides is 1. The maximum absolute atomic E-state index is 12.9. The standard InChI is InChI=1S/C18H19ClN2O/c1-12-4-3-5-17(20-12)18(22)21(16-10-11-16)13(2)14-6-8-15(19)9-7-14/h3-9,13,16H,10-11H2,1-2H3. The first kappa shape index (κ1) is 15.0. The molecule has 3 nitrogen and oxygen atoms in total. The molecule has 0 aliphatic heterocycles. The monoisotopic (exact) mass is 314 g/mol. The third kappa shape index (κ3) is 3.14. The number of aromatic nitrogens is 1. The molecule has 1 saturated carbocycles. The summed E-state index contributed by atoms with van der Waals surface area (Å²) in [6.45, 7) is 3.97. The summed E-state index contributed by atoms with van der Waals surface area (Å²) in [6.07, 6.45) is 2.13. The molecule has 4 heteroatoms. The fourth-order valence-electron chi connectivity index (χ4n) is 2.71. The van der Waals surface area contributed by atoms with Gasteiger partial charge in [0.2, 0.25) is 0 Å². The Kier molecular flexibility index (Phi) is 4.16. The van der Waals surface area contributed by atoms with Crippen LogP contribution in [0.1, 0.15) is 47.6 Å². The van der Waals surface area contributed by atoms with Gasteiger partial charge >= 0.3 is 0 Å². The van der Waals surface area contributed by atoms with E-state index in [0.29, 0.717) is 16.8 Å². The number of carbonyl (C=O) groups is 1. The summed E-state index contributed by atoms with van der Waals surface area (Å²) in [5, 5.41) is 0.709. The Morgan fingerprint density at radius 1 is 1.23 bits per heavy atom. The number of aryl methyl sites for hydroxylation is 1. The first-order chi connectivity index (χ1) is 10.6. The number of nitrogens with zero attached hydrogens (tertiary/aromatic N) is 2. The summed E-state index contributed by atoms with van der Waals surface area (Å²) >= 11 is 5.96. The Morgan fingerprint density at radius 2 is 1.91 bits per heavy atom. The summed E-state index contributed by atoms with van der Waals surface area (Å²) in [4.78, 5) is 19.2. The van der Waals surface area contributed by atoms with E-state index in [9.17, 15) is 4.79 Å². The van der Waals surface area contributed by atoms with Crippen molar-refractivity contribution in [2.24, 2.45) is 0 Å². The van der Waals surface area contributed by atoms with Crippen molar-refractivity contribution in [1.29, 1.82) is 0 Å². The van der Waals surface area contributed by atoms with Gasteiger partial charge in [0.05, 0.1) is 6.04 Å². The van der Waals surface area contributed by atoms with E-state index in [1.54, 1.807) is 6.07 Å². The van der Waals surface area contributed by atoms with Crippen molar-refractivity contribution in [3.8, 4) is 0 Å². The molecule has 1 aliphatic rings. The second-order valence-electron chi connectivity index (χ2n) is 5.84. The zero-order valence-electron chi connectivity index (χ0n) is 12.8. The molecule has 1 atom stereocenters. The predicted molar refractivity (Wildman–Crippen MR) is 88.0 cm³/mol. The minimum Gasteiger partial charge on any atom is -0.328 e. The molecule has 0 bridgehead atoms.